The van der Waals surface area contributed by atoms with Crippen molar-refractivity contribution in [3.63, 3.8) is 0 Å². The minimum Gasteiger partial charge on any atom is -0.494 e. The van der Waals surface area contributed by atoms with E-state index >= 15 is 0 Å². The highest BCUT2D eigenvalue weighted by Crippen LogP contribution is 2.39. The lowest BCUT2D eigenvalue weighted by molar-refractivity contribution is 0.329. The molecule has 1 aliphatic rings. The number of nitrogens with one attached hydrogen (secondary N) is 1. The van der Waals surface area contributed by atoms with Crippen molar-refractivity contribution < 1.29 is 4.74 Å². The zero-order chi connectivity index (χ0) is 12.1. The molecule has 0 spiro atoms. The van der Waals surface area contributed by atoms with Crippen LogP contribution < -0.4 is 10.1 Å². The summed E-state index contributed by atoms with van der Waals surface area (Å²) in [6, 6.07) is 8.88. The van der Waals surface area contributed by atoms with Crippen molar-refractivity contribution >= 4 is 0 Å². The summed E-state index contributed by atoms with van der Waals surface area (Å²) < 4.78 is 5.73. The van der Waals surface area contributed by atoms with Crippen molar-refractivity contribution in [2.45, 2.75) is 39.2 Å². The Morgan fingerprint density at radius 2 is 2.06 bits per heavy atom. The molecule has 1 unspecified atom stereocenters. The molecule has 1 aromatic carbocycles. The normalized spacial score (nSPS) is 16.8. The Balaban J connectivity index is 2.14. The van der Waals surface area contributed by atoms with Crippen LogP contribution in [0.2, 0.25) is 0 Å². The van der Waals surface area contributed by atoms with Crippen LogP contribution in [0.3, 0.4) is 0 Å². The highest BCUT2D eigenvalue weighted by Gasteiger charge is 2.27. The molecule has 1 atom stereocenters. The summed E-state index contributed by atoms with van der Waals surface area (Å²) in [5.41, 5.74) is 1.32. The molecule has 1 N–H and O–H groups in total. The van der Waals surface area contributed by atoms with Crippen molar-refractivity contribution in [3.05, 3.63) is 29.8 Å². The number of ether oxygens (including phenoxy) is 1. The summed E-state index contributed by atoms with van der Waals surface area (Å²) in [6.07, 6.45) is 4.05. The van der Waals surface area contributed by atoms with Crippen LogP contribution in [0.5, 0.6) is 5.75 Å². The van der Waals surface area contributed by atoms with E-state index in [0.717, 1.165) is 24.8 Å². The van der Waals surface area contributed by atoms with Gasteiger partial charge in [0.1, 0.15) is 5.75 Å². The number of hydrogen-bond acceptors (Lipinski definition) is 2. The van der Waals surface area contributed by atoms with Crippen LogP contribution >= 0.6 is 0 Å². The van der Waals surface area contributed by atoms with Crippen molar-refractivity contribution in [2.24, 2.45) is 5.92 Å². The highest BCUT2D eigenvalue weighted by molar-refractivity contribution is 5.36. The Morgan fingerprint density at radius 3 is 2.71 bits per heavy atom. The number of para-hydroxylation sites is 1. The van der Waals surface area contributed by atoms with Crippen LogP contribution in [0.25, 0.3) is 0 Å². The van der Waals surface area contributed by atoms with Crippen molar-refractivity contribution in [3.8, 4) is 5.75 Å². The van der Waals surface area contributed by atoms with Crippen molar-refractivity contribution in [2.75, 3.05) is 13.2 Å². The maximum absolute atomic E-state index is 5.73. The third-order valence-corrected chi connectivity index (χ3v) is 3.31. The molecule has 0 aliphatic heterocycles. The second kappa shape index (κ2) is 6.06. The maximum Gasteiger partial charge on any atom is 0.124 e. The molecule has 0 radical (unpaired) electrons. The molecule has 0 amide bonds. The fourth-order valence-corrected chi connectivity index (χ4v) is 2.31. The first kappa shape index (κ1) is 12.4. The summed E-state index contributed by atoms with van der Waals surface area (Å²) in [7, 11) is 0. The van der Waals surface area contributed by atoms with Gasteiger partial charge in [-0.2, -0.15) is 0 Å². The van der Waals surface area contributed by atoms with Gasteiger partial charge in [-0.15, -0.1) is 0 Å². The Kier molecular flexibility index (Phi) is 4.43. The van der Waals surface area contributed by atoms with Gasteiger partial charge >= 0.3 is 0 Å². The average molecular weight is 233 g/mol. The molecule has 1 aliphatic carbocycles. The van der Waals surface area contributed by atoms with Gasteiger partial charge in [0.05, 0.1) is 6.61 Å². The third-order valence-electron chi connectivity index (χ3n) is 3.31. The van der Waals surface area contributed by atoms with Crippen LogP contribution in [0.4, 0.5) is 0 Å². The van der Waals surface area contributed by atoms with E-state index in [4.69, 9.17) is 4.74 Å². The lowest BCUT2D eigenvalue weighted by Gasteiger charge is -2.21. The molecule has 0 heterocycles. The molecule has 2 rings (SSSR count). The fraction of sp³-hybridized carbons (Fsp3) is 0.600. The number of rotatable bonds is 7. The first-order valence-corrected chi connectivity index (χ1v) is 6.80. The zero-order valence-electron chi connectivity index (χ0n) is 10.9. The van der Waals surface area contributed by atoms with Gasteiger partial charge in [0.25, 0.3) is 0 Å². The van der Waals surface area contributed by atoms with E-state index in [-0.39, 0.29) is 0 Å². The van der Waals surface area contributed by atoms with Crippen molar-refractivity contribution in [1.29, 1.82) is 0 Å². The van der Waals surface area contributed by atoms with Gasteiger partial charge in [0.15, 0.2) is 0 Å². The van der Waals surface area contributed by atoms with Crippen LogP contribution in [0.1, 0.15) is 44.7 Å². The molecule has 94 valence electrons. The summed E-state index contributed by atoms with van der Waals surface area (Å²) >= 11 is 0. The zero-order valence-corrected chi connectivity index (χ0v) is 10.9. The standard InChI is InChI=1S/C15H23NO/c1-3-16-14(11-12-9-10-12)13-7-5-6-8-15(13)17-4-2/h5-8,12,14,16H,3-4,9-11H2,1-2H3. The van der Waals surface area contributed by atoms with Gasteiger partial charge in [0, 0.05) is 11.6 Å². The molecule has 1 saturated carbocycles. The lowest BCUT2D eigenvalue weighted by atomic mass is 10.00. The van der Waals surface area contributed by atoms with E-state index in [9.17, 15) is 0 Å². The van der Waals surface area contributed by atoms with Gasteiger partial charge in [-0.05, 0) is 31.9 Å². The monoisotopic (exact) mass is 233 g/mol. The second-order valence-electron chi connectivity index (χ2n) is 4.76. The number of benzene rings is 1. The molecule has 0 bridgehead atoms. The van der Waals surface area contributed by atoms with E-state index in [1.807, 2.05) is 6.92 Å². The molecule has 2 heteroatoms. The van der Waals surface area contributed by atoms with Gasteiger partial charge < -0.3 is 10.1 Å². The molecule has 1 fully saturated rings. The fourth-order valence-electron chi connectivity index (χ4n) is 2.31. The molecule has 0 aromatic heterocycles. The van der Waals surface area contributed by atoms with Gasteiger partial charge in [-0.25, -0.2) is 0 Å². The predicted octanol–water partition coefficient (Wildman–Crippen LogP) is 3.54. The topological polar surface area (TPSA) is 21.3 Å². The minimum atomic E-state index is 0.454. The quantitative estimate of drug-likeness (QED) is 0.778. The summed E-state index contributed by atoms with van der Waals surface area (Å²) in [4.78, 5) is 0. The molecule has 0 saturated heterocycles. The van der Waals surface area contributed by atoms with Gasteiger partial charge in [-0.3, -0.25) is 0 Å². The summed E-state index contributed by atoms with van der Waals surface area (Å²) in [5.74, 6) is 1.97. The molecule has 2 nitrogen and oxygen atoms in total. The molecule has 17 heavy (non-hydrogen) atoms. The Morgan fingerprint density at radius 1 is 1.29 bits per heavy atom. The SMILES string of the molecule is CCNC(CC1CC1)c1ccccc1OCC. The molecular weight excluding hydrogens is 210 g/mol. The van der Waals surface area contributed by atoms with Crippen LogP contribution in [-0.4, -0.2) is 13.2 Å². The Bertz CT molecular complexity index is 347. The minimum absolute atomic E-state index is 0.454. The number of hydrogen-bond donors (Lipinski definition) is 1. The van der Waals surface area contributed by atoms with E-state index < -0.39 is 0 Å². The van der Waals surface area contributed by atoms with Crippen LogP contribution in [-0.2, 0) is 0 Å². The Hall–Kier alpha value is -1.02. The smallest absolute Gasteiger partial charge is 0.124 e. The van der Waals surface area contributed by atoms with Gasteiger partial charge in [-0.1, -0.05) is 38.0 Å². The predicted molar refractivity (Wildman–Crippen MR) is 71.4 cm³/mol. The van der Waals surface area contributed by atoms with Crippen LogP contribution in [0, 0.1) is 5.92 Å². The van der Waals surface area contributed by atoms with E-state index in [2.05, 4.69) is 36.5 Å². The maximum atomic E-state index is 5.73. The van der Waals surface area contributed by atoms with E-state index in [0.29, 0.717) is 6.04 Å². The first-order chi connectivity index (χ1) is 8.35. The first-order valence-electron chi connectivity index (χ1n) is 6.80. The third kappa shape index (κ3) is 3.47. The largest absolute Gasteiger partial charge is 0.494 e. The Labute approximate surface area is 104 Å². The van der Waals surface area contributed by atoms with Crippen molar-refractivity contribution in [1.82, 2.24) is 5.32 Å². The second-order valence-corrected chi connectivity index (χ2v) is 4.76. The summed E-state index contributed by atoms with van der Waals surface area (Å²) in [6.45, 7) is 5.96. The lowest BCUT2D eigenvalue weighted by Crippen LogP contribution is -2.22. The summed E-state index contributed by atoms with van der Waals surface area (Å²) in [5, 5.41) is 3.59. The van der Waals surface area contributed by atoms with E-state index in [1.165, 1.54) is 24.8 Å². The van der Waals surface area contributed by atoms with Gasteiger partial charge in [0.2, 0.25) is 0 Å². The molecule has 1 aromatic rings. The molecular formula is C15H23NO. The highest BCUT2D eigenvalue weighted by atomic mass is 16.5. The van der Waals surface area contributed by atoms with Crippen LogP contribution in [0.15, 0.2) is 24.3 Å². The average Bonchev–Trinajstić information content (AvgIpc) is 3.14. The van der Waals surface area contributed by atoms with E-state index in [1.54, 1.807) is 0 Å².